The molecule has 0 radical (unpaired) electrons. The maximum absolute atomic E-state index is 11.4. The van der Waals surface area contributed by atoms with E-state index in [2.05, 4.69) is 4.90 Å². The van der Waals surface area contributed by atoms with Gasteiger partial charge in [0.2, 0.25) is 0 Å². The van der Waals surface area contributed by atoms with Crippen LogP contribution >= 0.6 is 11.3 Å². The number of carbonyl (C=O) groups is 1. The summed E-state index contributed by atoms with van der Waals surface area (Å²) in [6.45, 7) is 5.66. The minimum atomic E-state index is 0.556. The van der Waals surface area contributed by atoms with Gasteiger partial charge in [-0.05, 0) is 36.1 Å². The van der Waals surface area contributed by atoms with E-state index < -0.39 is 0 Å². The van der Waals surface area contributed by atoms with Crippen molar-refractivity contribution in [3.05, 3.63) is 35.2 Å². The Balaban J connectivity index is 1.80. The highest BCUT2D eigenvalue weighted by molar-refractivity contribution is 7.17. The van der Waals surface area contributed by atoms with Crippen LogP contribution < -0.4 is 9.64 Å². The molecular weight excluding hydrogens is 362 g/mol. The van der Waals surface area contributed by atoms with Gasteiger partial charge >= 0.3 is 0 Å². The fourth-order valence-corrected chi connectivity index (χ4v) is 3.94. The van der Waals surface area contributed by atoms with Crippen molar-refractivity contribution >= 4 is 33.7 Å². The Morgan fingerprint density at radius 1 is 1.26 bits per heavy atom. The standard InChI is InChI=1S/C20H21N3O3S/c1-2-6-26-16-11-14(13-24)10-15(12-16)19-21-17-3-9-27-18(17)20(22-19)23-4-7-25-8-5-23/h3,9-13H,2,4-8H2,1H3. The van der Waals surface area contributed by atoms with E-state index in [-0.39, 0.29) is 0 Å². The van der Waals surface area contributed by atoms with Crippen LogP contribution in [0.1, 0.15) is 23.7 Å². The Labute approximate surface area is 161 Å². The van der Waals surface area contributed by atoms with Crippen molar-refractivity contribution in [2.24, 2.45) is 0 Å². The zero-order valence-electron chi connectivity index (χ0n) is 15.2. The van der Waals surface area contributed by atoms with E-state index in [9.17, 15) is 4.79 Å². The first-order chi connectivity index (χ1) is 13.3. The van der Waals surface area contributed by atoms with E-state index in [1.165, 1.54) is 0 Å². The second-order valence-corrected chi connectivity index (χ2v) is 7.28. The molecule has 0 N–H and O–H groups in total. The van der Waals surface area contributed by atoms with Gasteiger partial charge in [0.25, 0.3) is 0 Å². The molecule has 0 unspecified atom stereocenters. The van der Waals surface area contributed by atoms with Gasteiger partial charge in [-0.25, -0.2) is 9.97 Å². The number of aromatic nitrogens is 2. The second kappa shape index (κ2) is 8.02. The molecule has 1 saturated heterocycles. The lowest BCUT2D eigenvalue weighted by molar-refractivity contribution is 0.112. The average Bonchev–Trinajstić information content (AvgIpc) is 3.20. The predicted octanol–water partition coefficient (Wildman–Crippen LogP) is 3.80. The minimum absolute atomic E-state index is 0.556. The van der Waals surface area contributed by atoms with Crippen LogP contribution in [0.25, 0.3) is 21.6 Å². The van der Waals surface area contributed by atoms with Gasteiger partial charge in [-0.2, -0.15) is 0 Å². The maximum Gasteiger partial charge on any atom is 0.162 e. The highest BCUT2D eigenvalue weighted by Gasteiger charge is 2.19. The van der Waals surface area contributed by atoms with E-state index in [4.69, 9.17) is 19.4 Å². The van der Waals surface area contributed by atoms with Gasteiger partial charge in [-0.3, -0.25) is 4.79 Å². The smallest absolute Gasteiger partial charge is 0.162 e. The molecule has 0 amide bonds. The van der Waals surface area contributed by atoms with Crippen molar-refractivity contribution in [2.45, 2.75) is 13.3 Å². The molecule has 1 aliphatic heterocycles. The van der Waals surface area contributed by atoms with Gasteiger partial charge in [0.1, 0.15) is 12.0 Å². The summed E-state index contributed by atoms with van der Waals surface area (Å²) in [6.07, 6.45) is 1.73. The summed E-state index contributed by atoms with van der Waals surface area (Å²) < 4.78 is 12.3. The fraction of sp³-hybridized carbons (Fsp3) is 0.350. The molecule has 0 spiro atoms. The van der Waals surface area contributed by atoms with Crippen LogP contribution in [0.2, 0.25) is 0 Å². The molecule has 1 aromatic carbocycles. The highest BCUT2D eigenvalue weighted by atomic mass is 32.1. The van der Waals surface area contributed by atoms with Crippen molar-refractivity contribution < 1.29 is 14.3 Å². The van der Waals surface area contributed by atoms with Gasteiger partial charge in [0.05, 0.1) is 30.0 Å². The Bertz CT molecular complexity index is 951. The van der Waals surface area contributed by atoms with Crippen molar-refractivity contribution in [1.82, 2.24) is 9.97 Å². The zero-order chi connectivity index (χ0) is 18.6. The van der Waals surface area contributed by atoms with Crippen molar-refractivity contribution in [2.75, 3.05) is 37.8 Å². The van der Waals surface area contributed by atoms with Crippen LogP contribution in [0.15, 0.2) is 29.6 Å². The van der Waals surface area contributed by atoms with E-state index in [0.717, 1.165) is 47.4 Å². The van der Waals surface area contributed by atoms with Crippen LogP contribution in [0.5, 0.6) is 5.75 Å². The number of fused-ring (bicyclic) bond motifs is 1. The average molecular weight is 383 g/mol. The lowest BCUT2D eigenvalue weighted by Gasteiger charge is -2.28. The number of benzene rings is 1. The van der Waals surface area contributed by atoms with Crippen LogP contribution in [0, 0.1) is 0 Å². The number of rotatable bonds is 6. The first kappa shape index (κ1) is 17.9. The van der Waals surface area contributed by atoms with Crippen LogP contribution in [-0.2, 0) is 4.74 Å². The van der Waals surface area contributed by atoms with Crippen LogP contribution in [0.3, 0.4) is 0 Å². The van der Waals surface area contributed by atoms with E-state index in [0.29, 0.717) is 37.0 Å². The topological polar surface area (TPSA) is 64.5 Å². The number of ether oxygens (including phenoxy) is 2. The molecule has 27 heavy (non-hydrogen) atoms. The molecular formula is C20H21N3O3S. The summed E-state index contributed by atoms with van der Waals surface area (Å²) >= 11 is 1.65. The SMILES string of the molecule is CCCOc1cc(C=O)cc(-c2nc(N3CCOCC3)c3sccc3n2)c1. The van der Waals surface area contributed by atoms with Crippen LogP contribution in [0.4, 0.5) is 5.82 Å². The normalized spacial score (nSPS) is 14.5. The Morgan fingerprint density at radius 3 is 2.89 bits per heavy atom. The number of carbonyl (C=O) groups excluding carboxylic acids is 1. The summed E-state index contributed by atoms with van der Waals surface area (Å²) in [7, 11) is 0. The Hall–Kier alpha value is -2.51. The first-order valence-corrected chi connectivity index (χ1v) is 9.98. The molecule has 0 saturated carbocycles. The van der Waals surface area contributed by atoms with E-state index in [1.807, 2.05) is 30.5 Å². The molecule has 2 aromatic heterocycles. The van der Waals surface area contributed by atoms with Gasteiger partial charge in [-0.1, -0.05) is 6.92 Å². The van der Waals surface area contributed by atoms with E-state index in [1.54, 1.807) is 17.4 Å². The first-order valence-electron chi connectivity index (χ1n) is 9.10. The van der Waals surface area contributed by atoms with Gasteiger partial charge in [-0.15, -0.1) is 11.3 Å². The van der Waals surface area contributed by atoms with Crippen molar-refractivity contribution in [1.29, 1.82) is 0 Å². The summed E-state index contributed by atoms with van der Waals surface area (Å²) in [6, 6.07) is 7.47. The summed E-state index contributed by atoms with van der Waals surface area (Å²) in [4.78, 5) is 23.2. The third-order valence-corrected chi connectivity index (χ3v) is 5.29. The number of aldehydes is 1. The number of hydrogen-bond donors (Lipinski definition) is 0. The Kier molecular flexibility index (Phi) is 5.31. The number of nitrogens with zero attached hydrogens (tertiary/aromatic N) is 3. The van der Waals surface area contributed by atoms with Crippen LogP contribution in [-0.4, -0.2) is 49.2 Å². The predicted molar refractivity (Wildman–Crippen MR) is 107 cm³/mol. The third kappa shape index (κ3) is 3.79. The van der Waals surface area contributed by atoms with Crippen molar-refractivity contribution in [3.63, 3.8) is 0 Å². The minimum Gasteiger partial charge on any atom is -0.494 e. The molecule has 1 fully saturated rings. The third-order valence-electron chi connectivity index (χ3n) is 4.39. The maximum atomic E-state index is 11.4. The molecule has 6 nitrogen and oxygen atoms in total. The molecule has 3 heterocycles. The number of hydrogen-bond acceptors (Lipinski definition) is 7. The molecule has 3 aromatic rings. The zero-order valence-corrected chi connectivity index (χ0v) is 16.0. The second-order valence-electron chi connectivity index (χ2n) is 6.36. The number of thiophene rings is 1. The lowest BCUT2D eigenvalue weighted by atomic mass is 10.1. The lowest BCUT2D eigenvalue weighted by Crippen LogP contribution is -2.36. The largest absolute Gasteiger partial charge is 0.494 e. The molecule has 0 aliphatic carbocycles. The molecule has 0 atom stereocenters. The molecule has 1 aliphatic rings. The monoisotopic (exact) mass is 383 g/mol. The number of anilines is 1. The molecule has 140 valence electrons. The summed E-state index contributed by atoms with van der Waals surface area (Å²) in [5.74, 6) is 2.20. The summed E-state index contributed by atoms with van der Waals surface area (Å²) in [5.41, 5.74) is 2.26. The molecule has 0 bridgehead atoms. The summed E-state index contributed by atoms with van der Waals surface area (Å²) in [5, 5.41) is 2.03. The number of morpholine rings is 1. The fourth-order valence-electron chi connectivity index (χ4n) is 3.09. The highest BCUT2D eigenvalue weighted by Crippen LogP contribution is 2.33. The Morgan fingerprint density at radius 2 is 2.11 bits per heavy atom. The van der Waals surface area contributed by atoms with Gasteiger partial charge in [0.15, 0.2) is 11.6 Å². The quantitative estimate of drug-likeness (QED) is 0.604. The van der Waals surface area contributed by atoms with Gasteiger partial charge < -0.3 is 14.4 Å². The molecule has 4 rings (SSSR count). The van der Waals surface area contributed by atoms with Crippen molar-refractivity contribution in [3.8, 4) is 17.1 Å². The molecule has 7 heteroatoms. The van der Waals surface area contributed by atoms with E-state index >= 15 is 0 Å². The van der Waals surface area contributed by atoms with Gasteiger partial charge in [0, 0.05) is 24.2 Å².